The van der Waals surface area contributed by atoms with E-state index in [0.29, 0.717) is 19.7 Å². The highest BCUT2D eigenvalue weighted by atomic mass is 16.5. The molecular weight excluding hydrogens is 184 g/mol. The highest BCUT2D eigenvalue weighted by Gasteiger charge is 2.36. The van der Waals surface area contributed by atoms with E-state index in [9.17, 15) is 4.79 Å². The van der Waals surface area contributed by atoms with Gasteiger partial charge in [0.15, 0.2) is 0 Å². The zero-order valence-corrected chi connectivity index (χ0v) is 8.06. The van der Waals surface area contributed by atoms with Gasteiger partial charge in [-0.25, -0.2) is 0 Å². The van der Waals surface area contributed by atoms with Crippen molar-refractivity contribution in [3.63, 3.8) is 0 Å². The van der Waals surface area contributed by atoms with E-state index in [4.69, 9.17) is 15.6 Å². The second-order valence-electron chi connectivity index (χ2n) is 3.97. The van der Waals surface area contributed by atoms with E-state index in [1.54, 1.807) is 4.90 Å². The average Bonchev–Trinajstić information content (AvgIpc) is 2.63. The number of β-amino-alcohol motifs (C(OH)–C–C–N with tert-alkyl or cyclic N) is 1. The van der Waals surface area contributed by atoms with Crippen LogP contribution in [0.2, 0.25) is 0 Å². The average molecular weight is 200 g/mol. The number of nitrogens with zero attached hydrogens (tertiary/aromatic N) is 1. The second-order valence-corrected chi connectivity index (χ2v) is 3.97. The summed E-state index contributed by atoms with van der Waals surface area (Å²) in [5.74, 6) is -0.0952. The van der Waals surface area contributed by atoms with Crippen molar-refractivity contribution in [3.05, 3.63) is 0 Å². The quantitative estimate of drug-likeness (QED) is 0.580. The molecule has 2 aliphatic rings. The highest BCUT2D eigenvalue weighted by Crippen LogP contribution is 2.18. The lowest BCUT2D eigenvalue weighted by atomic mass is 10.0. The van der Waals surface area contributed by atoms with Crippen LogP contribution in [0.1, 0.15) is 12.8 Å². The van der Waals surface area contributed by atoms with E-state index >= 15 is 0 Å². The monoisotopic (exact) mass is 200 g/mol. The summed E-state index contributed by atoms with van der Waals surface area (Å²) in [5.41, 5.74) is 5.78. The zero-order valence-electron chi connectivity index (χ0n) is 8.06. The predicted octanol–water partition coefficient (Wildman–Crippen LogP) is -1.30. The molecule has 0 saturated carbocycles. The van der Waals surface area contributed by atoms with Crippen molar-refractivity contribution in [1.29, 1.82) is 0 Å². The number of rotatable bonds is 2. The molecule has 2 saturated heterocycles. The summed E-state index contributed by atoms with van der Waals surface area (Å²) in [6.07, 6.45) is 1.35. The lowest BCUT2D eigenvalue weighted by Crippen LogP contribution is -2.60. The minimum absolute atomic E-state index is 0.0952. The Morgan fingerprint density at radius 3 is 2.79 bits per heavy atom. The van der Waals surface area contributed by atoms with E-state index in [1.807, 2.05) is 0 Å². The molecule has 2 heterocycles. The molecule has 2 aliphatic heterocycles. The fourth-order valence-corrected chi connectivity index (χ4v) is 1.89. The number of likely N-dealkylation sites (tertiary alicyclic amines) is 1. The maximum absolute atomic E-state index is 11.7. The Morgan fingerprint density at radius 1 is 1.57 bits per heavy atom. The second kappa shape index (κ2) is 3.84. The summed E-state index contributed by atoms with van der Waals surface area (Å²) in [7, 11) is 0. The van der Waals surface area contributed by atoms with Crippen LogP contribution in [0, 0.1) is 0 Å². The van der Waals surface area contributed by atoms with E-state index in [2.05, 4.69) is 0 Å². The molecule has 0 aromatic carbocycles. The van der Waals surface area contributed by atoms with Crippen molar-refractivity contribution in [1.82, 2.24) is 4.90 Å². The summed E-state index contributed by atoms with van der Waals surface area (Å²) in [6, 6.07) is -0.551. The lowest BCUT2D eigenvalue weighted by molar-refractivity contribution is -0.145. The third kappa shape index (κ3) is 1.75. The van der Waals surface area contributed by atoms with Crippen LogP contribution < -0.4 is 5.73 Å². The Morgan fingerprint density at radius 2 is 2.29 bits per heavy atom. The number of carbonyl (C=O) groups is 1. The molecule has 2 unspecified atom stereocenters. The molecule has 0 aliphatic carbocycles. The van der Waals surface area contributed by atoms with E-state index in [1.165, 1.54) is 0 Å². The summed E-state index contributed by atoms with van der Waals surface area (Å²) in [6.45, 7) is 1.53. The largest absolute Gasteiger partial charge is 0.389 e. The van der Waals surface area contributed by atoms with Gasteiger partial charge in [0.05, 0.1) is 12.2 Å². The molecule has 14 heavy (non-hydrogen) atoms. The van der Waals surface area contributed by atoms with Crippen LogP contribution in [-0.2, 0) is 9.53 Å². The minimum atomic E-state index is -0.551. The number of hydrogen-bond donors (Lipinski definition) is 2. The van der Waals surface area contributed by atoms with Gasteiger partial charge in [0.25, 0.3) is 0 Å². The van der Waals surface area contributed by atoms with Gasteiger partial charge >= 0.3 is 0 Å². The van der Waals surface area contributed by atoms with Gasteiger partial charge in [-0.1, -0.05) is 0 Å². The first kappa shape index (κ1) is 9.89. The van der Waals surface area contributed by atoms with Crippen LogP contribution in [0.4, 0.5) is 0 Å². The van der Waals surface area contributed by atoms with Gasteiger partial charge in [0.2, 0.25) is 5.91 Å². The van der Waals surface area contributed by atoms with Crippen molar-refractivity contribution in [2.75, 3.05) is 19.7 Å². The predicted molar refractivity (Wildman–Crippen MR) is 49.5 cm³/mol. The van der Waals surface area contributed by atoms with Crippen LogP contribution in [0.15, 0.2) is 0 Å². The van der Waals surface area contributed by atoms with E-state index < -0.39 is 6.04 Å². The number of ether oxygens (including phenoxy) is 1. The van der Waals surface area contributed by atoms with Crippen molar-refractivity contribution < 1.29 is 14.6 Å². The van der Waals surface area contributed by atoms with Gasteiger partial charge in [0, 0.05) is 19.7 Å². The number of nitrogens with two attached hydrogens (primary N) is 1. The smallest absolute Gasteiger partial charge is 0.242 e. The summed E-state index contributed by atoms with van der Waals surface area (Å²) in [4.78, 5) is 13.2. The molecule has 5 nitrogen and oxygen atoms in total. The normalized spacial score (nSPS) is 30.1. The highest BCUT2D eigenvalue weighted by molar-refractivity contribution is 5.83. The third-order valence-electron chi connectivity index (χ3n) is 2.82. The van der Waals surface area contributed by atoms with E-state index in [-0.39, 0.29) is 18.1 Å². The van der Waals surface area contributed by atoms with Gasteiger partial charge in [-0.3, -0.25) is 4.79 Å². The molecule has 0 radical (unpaired) electrons. The van der Waals surface area contributed by atoms with Gasteiger partial charge in [-0.15, -0.1) is 0 Å². The Balaban J connectivity index is 1.84. The summed E-state index contributed by atoms with van der Waals surface area (Å²) in [5, 5.41) is 9.05. The maximum Gasteiger partial charge on any atom is 0.242 e. The van der Waals surface area contributed by atoms with Crippen LogP contribution in [0.3, 0.4) is 0 Å². The Labute approximate surface area is 82.8 Å². The summed E-state index contributed by atoms with van der Waals surface area (Å²) >= 11 is 0. The number of carbonyl (C=O) groups excluding carboxylic acids is 1. The van der Waals surface area contributed by atoms with Crippen LogP contribution in [0.5, 0.6) is 0 Å². The van der Waals surface area contributed by atoms with Crippen LogP contribution in [0.25, 0.3) is 0 Å². The van der Waals surface area contributed by atoms with Crippen molar-refractivity contribution in [3.8, 4) is 0 Å². The molecule has 5 heteroatoms. The number of aliphatic hydroxyl groups excluding tert-OH is 1. The van der Waals surface area contributed by atoms with Crippen LogP contribution >= 0.6 is 0 Å². The standard InChI is InChI=1S/C9H16N2O3/c10-8(7-2-1-3-14-7)9(13)11-4-6(12)5-11/h6-8,12H,1-5,10H2. The van der Waals surface area contributed by atoms with Crippen LogP contribution in [-0.4, -0.2) is 53.9 Å². The SMILES string of the molecule is NC(C(=O)N1CC(O)C1)C1CCCO1. The lowest BCUT2D eigenvalue weighted by Gasteiger charge is -2.38. The third-order valence-corrected chi connectivity index (χ3v) is 2.82. The summed E-state index contributed by atoms with van der Waals surface area (Å²) < 4.78 is 5.35. The molecule has 2 rings (SSSR count). The minimum Gasteiger partial charge on any atom is -0.389 e. The molecule has 0 aromatic heterocycles. The molecule has 2 fully saturated rings. The number of amides is 1. The van der Waals surface area contributed by atoms with Crippen molar-refractivity contribution in [2.45, 2.75) is 31.1 Å². The number of aliphatic hydroxyl groups is 1. The van der Waals surface area contributed by atoms with Gasteiger partial charge in [-0.05, 0) is 12.8 Å². The molecule has 3 N–H and O–H groups in total. The molecule has 0 bridgehead atoms. The van der Waals surface area contributed by atoms with Crippen molar-refractivity contribution in [2.24, 2.45) is 5.73 Å². The molecule has 0 spiro atoms. The topological polar surface area (TPSA) is 75.8 Å². The fourth-order valence-electron chi connectivity index (χ4n) is 1.89. The number of hydrogen-bond acceptors (Lipinski definition) is 4. The molecule has 1 amide bonds. The maximum atomic E-state index is 11.7. The first-order chi connectivity index (χ1) is 6.68. The Bertz CT molecular complexity index is 222. The Hall–Kier alpha value is -0.650. The Kier molecular flexibility index (Phi) is 2.71. The molecular formula is C9H16N2O3. The van der Waals surface area contributed by atoms with E-state index in [0.717, 1.165) is 12.8 Å². The van der Waals surface area contributed by atoms with Gasteiger partial charge in [0.1, 0.15) is 6.04 Å². The van der Waals surface area contributed by atoms with Gasteiger partial charge < -0.3 is 20.5 Å². The zero-order chi connectivity index (χ0) is 10.1. The first-order valence-electron chi connectivity index (χ1n) is 5.02. The molecule has 0 aromatic rings. The van der Waals surface area contributed by atoms with Crippen molar-refractivity contribution >= 4 is 5.91 Å². The first-order valence-corrected chi connectivity index (χ1v) is 5.02. The molecule has 2 atom stereocenters. The molecule has 80 valence electrons. The van der Waals surface area contributed by atoms with Gasteiger partial charge in [-0.2, -0.15) is 0 Å². The fraction of sp³-hybridized carbons (Fsp3) is 0.889.